The normalized spacial score (nSPS) is 20.4. The van der Waals surface area contributed by atoms with Crippen LogP contribution in [-0.2, 0) is 9.47 Å². The van der Waals surface area contributed by atoms with Crippen LogP contribution in [0.4, 0.5) is 5.82 Å². The smallest absolute Gasteiger partial charge is 0.178 e. The molecule has 2 aliphatic rings. The number of rotatable bonds is 14. The Morgan fingerprint density at radius 3 is 2.09 bits per heavy atom. The van der Waals surface area contributed by atoms with Gasteiger partial charge in [0.2, 0.25) is 0 Å². The number of fused-ring (bicyclic) bond motifs is 3. The van der Waals surface area contributed by atoms with Gasteiger partial charge in [0, 0.05) is 59.5 Å². The molecule has 2 fully saturated rings. The number of anilines is 1. The predicted molar refractivity (Wildman–Crippen MR) is 187 cm³/mol. The van der Waals surface area contributed by atoms with Gasteiger partial charge in [-0.1, -0.05) is 58.2 Å². The minimum absolute atomic E-state index is 0.0473. The predicted octanol–water partition coefficient (Wildman–Crippen LogP) is 8.48. The molecule has 2 aliphatic carbocycles. The van der Waals surface area contributed by atoms with E-state index in [1.54, 1.807) is 19.2 Å². The number of halogens is 1. The molecule has 0 radical (unpaired) electrons. The summed E-state index contributed by atoms with van der Waals surface area (Å²) in [6.45, 7) is 18.1. The summed E-state index contributed by atoms with van der Waals surface area (Å²) in [5, 5.41) is 4.89. The van der Waals surface area contributed by atoms with E-state index in [0.717, 1.165) is 69.9 Å². The summed E-state index contributed by atoms with van der Waals surface area (Å²) in [6.07, 6.45) is 10.0. The minimum atomic E-state index is -1.23. The Bertz CT molecular complexity index is 1420. The van der Waals surface area contributed by atoms with Crippen molar-refractivity contribution in [2.45, 2.75) is 96.3 Å². The molecule has 0 unspecified atom stereocenters. The lowest BCUT2D eigenvalue weighted by atomic mass is 9.79. The summed E-state index contributed by atoms with van der Waals surface area (Å²) in [5.74, 6) is 2.83. The molecular formula is C33H50BrN5O3Si2. The van der Waals surface area contributed by atoms with Crippen LogP contribution in [0.2, 0.25) is 51.4 Å². The molecule has 44 heavy (non-hydrogen) atoms. The van der Waals surface area contributed by atoms with Gasteiger partial charge in [-0.2, -0.15) is 9.61 Å². The van der Waals surface area contributed by atoms with E-state index in [1.165, 1.54) is 32.1 Å². The van der Waals surface area contributed by atoms with Crippen molar-refractivity contribution in [2.24, 2.45) is 11.8 Å². The molecule has 0 amide bonds. The zero-order chi connectivity index (χ0) is 31.6. The van der Waals surface area contributed by atoms with E-state index in [4.69, 9.17) is 19.6 Å². The molecule has 3 aromatic heterocycles. The molecule has 0 spiro atoms. The first-order valence-corrected chi connectivity index (χ1v) is 24.4. The average Bonchev–Trinajstić information content (AvgIpc) is 3.52. The van der Waals surface area contributed by atoms with E-state index in [2.05, 4.69) is 65.1 Å². The lowest BCUT2D eigenvalue weighted by Crippen LogP contribution is -2.34. The Labute approximate surface area is 273 Å². The molecule has 5 rings (SSSR count). The molecule has 11 heteroatoms. The number of hydrogen-bond acceptors (Lipinski definition) is 7. The maximum absolute atomic E-state index is 11.9. The maximum Gasteiger partial charge on any atom is 0.178 e. The zero-order valence-corrected chi connectivity index (χ0v) is 31.2. The second-order valence-corrected chi connectivity index (χ2v) is 27.4. The average molecular weight is 701 g/mol. The molecule has 240 valence electrons. The Morgan fingerprint density at radius 2 is 1.57 bits per heavy atom. The first-order valence-electron chi connectivity index (χ1n) is 16.2. The van der Waals surface area contributed by atoms with Crippen molar-refractivity contribution in [3.63, 3.8) is 0 Å². The second kappa shape index (κ2) is 13.8. The molecule has 8 nitrogen and oxygen atoms in total. The number of aromatic nitrogens is 4. The van der Waals surface area contributed by atoms with Crippen molar-refractivity contribution < 1.29 is 14.3 Å². The van der Waals surface area contributed by atoms with Gasteiger partial charge >= 0.3 is 0 Å². The fraction of sp³-hybridized carbons (Fsp3) is 0.636. The maximum atomic E-state index is 11.9. The Balaban J connectivity index is 1.56. The summed E-state index contributed by atoms with van der Waals surface area (Å²) in [7, 11) is -2.47. The standard InChI is InChI=1S/C33H50BrN5O3Si2/c1-23(40)29-11-10-26(19-35-29)28-20-36-39-32(28)37-31(27-17-24-8-9-25(16-24)18-27)30(34)33(39)38(21-41-12-14-43(2,3)4)22-42-13-15-44(5,6)7/h10-11,19-20,24-25,27H,8-9,12-18,21-22H2,1-7H3/t24-,25+,27+. The Kier molecular flexibility index (Phi) is 10.5. The first-order chi connectivity index (χ1) is 20.8. The van der Waals surface area contributed by atoms with Crippen molar-refractivity contribution in [1.29, 1.82) is 0 Å². The van der Waals surface area contributed by atoms with Gasteiger partial charge in [-0.05, 0) is 65.2 Å². The highest BCUT2D eigenvalue weighted by molar-refractivity contribution is 9.10. The van der Waals surface area contributed by atoms with Gasteiger partial charge < -0.3 is 14.4 Å². The Morgan fingerprint density at radius 1 is 0.955 bits per heavy atom. The highest BCUT2D eigenvalue weighted by Crippen LogP contribution is 2.50. The van der Waals surface area contributed by atoms with Crippen LogP contribution in [0.1, 0.15) is 61.1 Å². The number of nitrogens with zero attached hydrogens (tertiary/aromatic N) is 5. The van der Waals surface area contributed by atoms with Crippen molar-refractivity contribution >= 4 is 49.3 Å². The van der Waals surface area contributed by atoms with Gasteiger partial charge in [0.25, 0.3) is 0 Å². The number of carbonyl (C=O) groups excluding carboxylic acids is 1. The summed E-state index contributed by atoms with van der Waals surface area (Å²) in [4.78, 5) is 23.9. The number of hydrogen-bond donors (Lipinski definition) is 0. The molecular weight excluding hydrogens is 650 g/mol. The largest absolute Gasteiger partial charge is 0.361 e. The quantitative estimate of drug-likeness (QED) is 0.0722. The van der Waals surface area contributed by atoms with Gasteiger partial charge in [-0.15, -0.1) is 0 Å². The first kappa shape index (κ1) is 33.4. The van der Waals surface area contributed by atoms with Crippen LogP contribution in [0.15, 0.2) is 29.0 Å². The van der Waals surface area contributed by atoms with E-state index >= 15 is 0 Å². The van der Waals surface area contributed by atoms with Gasteiger partial charge in [-0.3, -0.25) is 9.78 Å². The third-order valence-electron chi connectivity index (χ3n) is 9.09. The second-order valence-electron chi connectivity index (χ2n) is 15.4. The molecule has 3 heterocycles. The number of ketones is 1. The van der Waals surface area contributed by atoms with E-state index in [9.17, 15) is 4.79 Å². The SMILES string of the molecule is CC(=O)c1ccc(-c2cnn3c(N(COCC[Si](C)(C)C)COCC[Si](C)(C)C)c(Br)c([C@H]4C[C@@H]5CC[C@@H](C5)C4)nc23)cn1. The number of ether oxygens (including phenoxy) is 2. The molecule has 0 saturated heterocycles. The lowest BCUT2D eigenvalue weighted by Gasteiger charge is -2.31. The zero-order valence-electron chi connectivity index (χ0n) is 27.7. The summed E-state index contributed by atoms with van der Waals surface area (Å²) >= 11 is 4.06. The summed E-state index contributed by atoms with van der Waals surface area (Å²) in [5.41, 5.74) is 4.15. The van der Waals surface area contributed by atoms with Crippen molar-refractivity contribution in [2.75, 3.05) is 31.6 Å². The van der Waals surface area contributed by atoms with E-state index < -0.39 is 16.1 Å². The molecule has 3 atom stereocenters. The van der Waals surface area contributed by atoms with E-state index in [1.807, 2.05) is 16.8 Å². The highest BCUT2D eigenvalue weighted by Gasteiger charge is 2.37. The van der Waals surface area contributed by atoms with Crippen LogP contribution in [0.5, 0.6) is 0 Å². The third kappa shape index (κ3) is 8.26. The number of carbonyl (C=O) groups is 1. The van der Waals surface area contributed by atoms with Crippen LogP contribution in [0.25, 0.3) is 16.8 Å². The van der Waals surface area contributed by atoms with Crippen LogP contribution in [0.3, 0.4) is 0 Å². The Hall–Kier alpha value is -1.93. The third-order valence-corrected chi connectivity index (χ3v) is 13.3. The fourth-order valence-corrected chi connectivity index (χ4v) is 8.82. The van der Waals surface area contributed by atoms with Crippen molar-refractivity contribution in [3.8, 4) is 11.1 Å². The van der Waals surface area contributed by atoms with Crippen LogP contribution >= 0.6 is 15.9 Å². The van der Waals surface area contributed by atoms with Gasteiger partial charge in [0.15, 0.2) is 17.2 Å². The summed E-state index contributed by atoms with van der Waals surface area (Å²) < 4.78 is 15.6. The summed E-state index contributed by atoms with van der Waals surface area (Å²) in [6, 6.07) is 5.94. The topological polar surface area (TPSA) is 81.9 Å². The molecule has 0 aromatic carbocycles. The molecule has 2 saturated carbocycles. The lowest BCUT2D eigenvalue weighted by molar-refractivity contribution is 0.0940. The molecule has 2 bridgehead atoms. The minimum Gasteiger partial charge on any atom is -0.361 e. The van der Waals surface area contributed by atoms with Gasteiger partial charge in [0.05, 0.1) is 16.4 Å². The fourth-order valence-electron chi connectivity index (χ4n) is 6.48. The van der Waals surface area contributed by atoms with Crippen LogP contribution in [0, 0.1) is 11.8 Å². The van der Waals surface area contributed by atoms with E-state index in [0.29, 0.717) is 25.1 Å². The molecule has 3 aromatic rings. The van der Waals surface area contributed by atoms with Crippen molar-refractivity contribution in [1.82, 2.24) is 19.6 Å². The van der Waals surface area contributed by atoms with Crippen molar-refractivity contribution in [3.05, 3.63) is 40.4 Å². The van der Waals surface area contributed by atoms with Crippen LogP contribution in [-0.4, -0.2) is 68.2 Å². The van der Waals surface area contributed by atoms with Gasteiger partial charge in [0.1, 0.15) is 19.2 Å². The molecule has 0 N–H and O–H groups in total. The van der Waals surface area contributed by atoms with Crippen LogP contribution < -0.4 is 4.90 Å². The van der Waals surface area contributed by atoms with Gasteiger partial charge in [-0.25, -0.2) is 4.98 Å². The van der Waals surface area contributed by atoms with E-state index in [-0.39, 0.29) is 5.78 Å². The monoisotopic (exact) mass is 699 g/mol. The number of pyridine rings is 1. The number of Topliss-reactive ketones (excluding diaryl/α,β-unsaturated/α-hetero) is 1. The highest BCUT2D eigenvalue weighted by atomic mass is 79.9. The molecule has 0 aliphatic heterocycles.